The van der Waals surface area contributed by atoms with Crippen molar-refractivity contribution in [1.29, 1.82) is 0 Å². The number of hydrogen-bond donors (Lipinski definition) is 1. The summed E-state index contributed by atoms with van der Waals surface area (Å²) in [5.41, 5.74) is -3.01. The van der Waals surface area contributed by atoms with Crippen LogP contribution in [0.3, 0.4) is 0 Å². The molecule has 2 aromatic carbocycles. The third kappa shape index (κ3) is 3.59. The quantitative estimate of drug-likeness (QED) is 0.416. The van der Waals surface area contributed by atoms with E-state index in [1.807, 2.05) is 18.0 Å². The van der Waals surface area contributed by atoms with Gasteiger partial charge in [0.25, 0.3) is 0 Å². The van der Waals surface area contributed by atoms with Gasteiger partial charge in [-0.1, -0.05) is 12.1 Å². The molecule has 0 bridgehead atoms. The topological polar surface area (TPSA) is 76.1 Å². The van der Waals surface area contributed by atoms with Gasteiger partial charge < -0.3 is 14.0 Å². The first-order valence-corrected chi connectivity index (χ1v) is 10.9. The average molecular weight is 461 g/mol. The number of nitrogens with zero attached hydrogens (tertiary/aromatic N) is 1. The summed E-state index contributed by atoms with van der Waals surface area (Å²) in [5, 5.41) is 10.5. The van der Waals surface area contributed by atoms with Crippen molar-refractivity contribution in [2.45, 2.75) is 24.4 Å². The Labute approximate surface area is 176 Å². The molecule has 11 heteroatoms. The Balaban J connectivity index is 1.99. The van der Waals surface area contributed by atoms with Crippen molar-refractivity contribution in [2.75, 3.05) is 26.9 Å². The van der Waals surface area contributed by atoms with E-state index in [-0.39, 0.29) is 29.5 Å². The van der Waals surface area contributed by atoms with E-state index in [0.29, 0.717) is 29.7 Å². The minimum Gasteiger partial charge on any atom is -0.507 e. The molecule has 168 valence electrons. The SMILES string of the molecule is CN1CCc2c(OS(=O)(=O)C(F)(F)F)c(OCCF)cc3c2[C@H]1Cc1cccc(O)c1-3. The maximum atomic E-state index is 13.0. The Morgan fingerprint density at radius 1 is 1.29 bits per heavy atom. The van der Waals surface area contributed by atoms with E-state index in [1.54, 1.807) is 6.07 Å². The summed E-state index contributed by atoms with van der Waals surface area (Å²) < 4.78 is 85.2. The number of benzene rings is 2. The Kier molecular flexibility index (Phi) is 5.29. The van der Waals surface area contributed by atoms with Crippen molar-refractivity contribution in [3.63, 3.8) is 0 Å². The number of halogens is 4. The van der Waals surface area contributed by atoms with Gasteiger partial charge in [0.1, 0.15) is 19.0 Å². The predicted octanol–water partition coefficient (Wildman–Crippen LogP) is 3.72. The molecule has 0 spiro atoms. The monoisotopic (exact) mass is 461 g/mol. The number of rotatable bonds is 5. The van der Waals surface area contributed by atoms with Crippen LogP contribution in [-0.4, -0.2) is 50.8 Å². The summed E-state index contributed by atoms with van der Waals surface area (Å²) in [6.45, 7) is -1.01. The van der Waals surface area contributed by atoms with Gasteiger partial charge in [0, 0.05) is 23.7 Å². The number of aromatic hydroxyl groups is 1. The normalized spacial score (nSPS) is 18.3. The lowest BCUT2D eigenvalue weighted by Crippen LogP contribution is -2.36. The highest BCUT2D eigenvalue weighted by Gasteiger charge is 2.50. The van der Waals surface area contributed by atoms with E-state index in [0.717, 1.165) is 5.56 Å². The van der Waals surface area contributed by atoms with Gasteiger partial charge >= 0.3 is 15.6 Å². The van der Waals surface area contributed by atoms with E-state index in [2.05, 4.69) is 4.18 Å². The molecular formula is C20H19F4NO5S. The lowest BCUT2D eigenvalue weighted by molar-refractivity contribution is -0.0501. The minimum atomic E-state index is -5.97. The number of phenols is 1. The van der Waals surface area contributed by atoms with Gasteiger partial charge in [0.2, 0.25) is 0 Å². The molecule has 1 aliphatic carbocycles. The molecule has 0 saturated heterocycles. The molecule has 2 aliphatic rings. The molecule has 31 heavy (non-hydrogen) atoms. The predicted molar refractivity (Wildman–Crippen MR) is 103 cm³/mol. The zero-order valence-corrected chi connectivity index (χ0v) is 17.2. The molecular weight excluding hydrogens is 442 g/mol. The highest BCUT2D eigenvalue weighted by molar-refractivity contribution is 7.88. The third-order valence-corrected chi connectivity index (χ3v) is 6.54. The van der Waals surface area contributed by atoms with Crippen molar-refractivity contribution in [3.8, 4) is 28.4 Å². The summed E-state index contributed by atoms with van der Waals surface area (Å²) in [5.74, 6) is -0.931. The molecule has 0 saturated carbocycles. The molecule has 0 radical (unpaired) electrons. The minimum absolute atomic E-state index is 0.0283. The number of likely N-dealkylation sites (N-methyl/N-ethyl adjacent to an activating group) is 1. The first-order valence-electron chi connectivity index (χ1n) is 9.46. The lowest BCUT2D eigenvalue weighted by atomic mass is 9.76. The number of ether oxygens (including phenoxy) is 1. The largest absolute Gasteiger partial charge is 0.534 e. The fraction of sp³-hybridized carbons (Fsp3) is 0.400. The maximum absolute atomic E-state index is 13.0. The van der Waals surface area contributed by atoms with Crippen LogP contribution in [0, 0.1) is 0 Å². The standard InChI is InChI=1S/C20H19F4NO5S/c1-25-7-5-12-18-13(17-11(9-14(18)25)3-2-4-15(17)26)10-16(29-8-6-21)19(12)30-31(27,28)20(22,23)24/h2-4,10,14,26H,5-9H2,1H3/t14-/m1/s1. The summed E-state index contributed by atoms with van der Waals surface area (Å²) >= 11 is 0. The van der Waals surface area contributed by atoms with Crippen molar-refractivity contribution in [2.24, 2.45) is 0 Å². The number of fused-ring (bicyclic) bond motifs is 2. The molecule has 0 aromatic heterocycles. The molecule has 1 N–H and O–H groups in total. The molecule has 1 atom stereocenters. The van der Waals surface area contributed by atoms with E-state index < -0.39 is 34.7 Å². The van der Waals surface area contributed by atoms with Crippen LogP contribution in [0.5, 0.6) is 17.2 Å². The van der Waals surface area contributed by atoms with Gasteiger partial charge in [-0.2, -0.15) is 21.6 Å². The fourth-order valence-corrected chi connectivity index (χ4v) is 4.74. The summed E-state index contributed by atoms with van der Waals surface area (Å²) in [6.07, 6.45) is 0.657. The smallest absolute Gasteiger partial charge is 0.507 e. The van der Waals surface area contributed by atoms with Crippen molar-refractivity contribution in [1.82, 2.24) is 4.90 Å². The van der Waals surface area contributed by atoms with Crippen LogP contribution in [-0.2, 0) is 23.0 Å². The lowest BCUT2D eigenvalue weighted by Gasteiger charge is -2.40. The van der Waals surface area contributed by atoms with Gasteiger partial charge in [0.05, 0.1) is 0 Å². The second-order valence-electron chi connectivity index (χ2n) is 7.43. The highest BCUT2D eigenvalue weighted by atomic mass is 32.2. The van der Waals surface area contributed by atoms with E-state index in [1.165, 1.54) is 12.1 Å². The van der Waals surface area contributed by atoms with Crippen LogP contribution in [0.25, 0.3) is 11.1 Å². The number of hydrogen-bond acceptors (Lipinski definition) is 6. The van der Waals surface area contributed by atoms with Gasteiger partial charge in [-0.15, -0.1) is 0 Å². The maximum Gasteiger partial charge on any atom is 0.534 e. The van der Waals surface area contributed by atoms with Crippen molar-refractivity contribution < 1.29 is 40.0 Å². The Bertz CT molecular complexity index is 1130. The molecule has 1 heterocycles. The molecule has 0 fully saturated rings. The Morgan fingerprint density at radius 3 is 2.71 bits per heavy atom. The van der Waals surface area contributed by atoms with E-state index in [9.17, 15) is 31.1 Å². The van der Waals surface area contributed by atoms with Crippen molar-refractivity contribution >= 4 is 10.1 Å². The van der Waals surface area contributed by atoms with Gasteiger partial charge in [-0.25, -0.2) is 4.39 Å². The molecule has 0 unspecified atom stereocenters. The van der Waals surface area contributed by atoms with E-state index in [4.69, 9.17) is 4.74 Å². The van der Waals surface area contributed by atoms with Crippen LogP contribution >= 0.6 is 0 Å². The molecule has 4 rings (SSSR count). The number of phenolic OH excluding ortho intramolecular Hbond substituents is 1. The fourth-order valence-electron chi connectivity index (χ4n) is 4.25. The average Bonchev–Trinajstić information content (AvgIpc) is 2.69. The second-order valence-corrected chi connectivity index (χ2v) is 8.96. The van der Waals surface area contributed by atoms with Gasteiger partial charge in [-0.3, -0.25) is 4.90 Å². The molecule has 1 aliphatic heterocycles. The summed E-state index contributed by atoms with van der Waals surface area (Å²) in [7, 11) is -4.12. The van der Waals surface area contributed by atoms with Crippen LogP contribution < -0.4 is 8.92 Å². The zero-order chi connectivity index (χ0) is 22.6. The first kappa shape index (κ1) is 21.7. The van der Waals surface area contributed by atoms with Crippen LogP contribution in [0.4, 0.5) is 17.6 Å². The molecule has 6 nitrogen and oxygen atoms in total. The van der Waals surface area contributed by atoms with Crippen LogP contribution in [0.1, 0.15) is 22.7 Å². The van der Waals surface area contributed by atoms with Gasteiger partial charge in [0.15, 0.2) is 11.5 Å². The third-order valence-electron chi connectivity index (χ3n) is 5.59. The highest BCUT2D eigenvalue weighted by Crippen LogP contribution is 2.53. The zero-order valence-electron chi connectivity index (χ0n) is 16.4. The second kappa shape index (κ2) is 7.56. The summed E-state index contributed by atoms with van der Waals surface area (Å²) in [6, 6.07) is 6.06. The summed E-state index contributed by atoms with van der Waals surface area (Å²) in [4.78, 5) is 2.00. The van der Waals surface area contributed by atoms with Gasteiger partial charge in [-0.05, 0) is 48.7 Å². The number of alkyl halides is 4. The first-order chi connectivity index (χ1) is 14.5. The Hall–Kier alpha value is -2.53. The Morgan fingerprint density at radius 2 is 2.03 bits per heavy atom. The molecule has 0 amide bonds. The van der Waals surface area contributed by atoms with E-state index >= 15 is 0 Å². The molecule has 2 aromatic rings. The van der Waals surface area contributed by atoms with Crippen LogP contribution in [0.15, 0.2) is 24.3 Å². The van der Waals surface area contributed by atoms with Crippen molar-refractivity contribution in [3.05, 3.63) is 41.0 Å². The van der Waals surface area contributed by atoms with Crippen LogP contribution in [0.2, 0.25) is 0 Å².